The van der Waals surface area contributed by atoms with E-state index < -0.39 is 29.8 Å². The van der Waals surface area contributed by atoms with E-state index in [2.05, 4.69) is 49.9 Å². The van der Waals surface area contributed by atoms with Crippen molar-refractivity contribution in [1.82, 2.24) is 4.72 Å². The maximum atomic E-state index is 14.5. The third kappa shape index (κ3) is 5.83. The second kappa shape index (κ2) is 9.57. The van der Waals surface area contributed by atoms with Crippen molar-refractivity contribution in [3.8, 4) is 0 Å². The average molecular weight is 546 g/mol. The molecular weight excluding hydrogens is 502 g/mol. The highest BCUT2D eigenvalue weighted by atomic mass is 32.2. The molecule has 1 heterocycles. The van der Waals surface area contributed by atoms with Gasteiger partial charge >= 0.3 is 6.03 Å². The van der Waals surface area contributed by atoms with Gasteiger partial charge in [-0.15, -0.1) is 0 Å². The van der Waals surface area contributed by atoms with Gasteiger partial charge in [0.1, 0.15) is 0 Å². The molecule has 0 bridgehead atoms. The number of fused-ring (bicyclic) bond motifs is 1. The highest BCUT2D eigenvalue weighted by Crippen LogP contribution is 2.46. The van der Waals surface area contributed by atoms with Gasteiger partial charge < -0.3 is 14.8 Å². The fourth-order valence-electron chi connectivity index (χ4n) is 4.69. The van der Waals surface area contributed by atoms with Gasteiger partial charge in [0.05, 0.1) is 11.9 Å². The van der Waals surface area contributed by atoms with Crippen LogP contribution in [0.4, 0.5) is 10.5 Å². The summed E-state index contributed by atoms with van der Waals surface area (Å²) >= 11 is 0. The lowest BCUT2D eigenvalue weighted by atomic mass is 9.91. The number of benzene rings is 1. The van der Waals surface area contributed by atoms with Crippen LogP contribution in [0, 0.1) is 5.92 Å². The van der Waals surface area contributed by atoms with Crippen molar-refractivity contribution in [1.29, 1.82) is 0 Å². The third-order valence-corrected chi connectivity index (χ3v) is 16.1. The molecule has 7 nitrogen and oxygen atoms in total. The van der Waals surface area contributed by atoms with Crippen molar-refractivity contribution in [2.75, 3.05) is 5.32 Å². The summed E-state index contributed by atoms with van der Waals surface area (Å²) in [6, 6.07) is 5.34. The number of hydrogen-bond acceptors (Lipinski definition) is 5. The SMILES string of the molecule is C[C@@H](c1ccc2c(c1NC(=O)NS(=O)(=N[Si](C)(C)C(C)(C)C)c1cc(C(C)(C)O)co1)CCC2)C1CC1. The molecule has 2 aliphatic rings. The molecule has 204 valence electrons. The first kappa shape index (κ1) is 27.9. The Labute approximate surface area is 223 Å². The lowest BCUT2D eigenvalue weighted by Crippen LogP contribution is -2.41. The number of furan rings is 1. The number of aryl methyl sites for hydroxylation is 1. The molecule has 1 saturated carbocycles. The number of nitrogens with zero attached hydrogens (tertiary/aromatic N) is 1. The summed E-state index contributed by atoms with van der Waals surface area (Å²) in [4.78, 5) is 13.6. The van der Waals surface area contributed by atoms with Crippen LogP contribution in [0.2, 0.25) is 18.1 Å². The molecule has 2 aliphatic carbocycles. The predicted octanol–water partition coefficient (Wildman–Crippen LogP) is 7.08. The Kier molecular flexibility index (Phi) is 7.22. The van der Waals surface area contributed by atoms with E-state index in [4.69, 9.17) is 8.45 Å². The molecule has 1 aromatic heterocycles. The fourth-order valence-corrected chi connectivity index (χ4v) is 9.76. The molecule has 0 saturated heterocycles. The van der Waals surface area contributed by atoms with E-state index in [1.807, 2.05) is 13.1 Å². The van der Waals surface area contributed by atoms with Gasteiger partial charge in [-0.05, 0) is 92.6 Å². The van der Waals surface area contributed by atoms with Crippen molar-refractivity contribution in [2.24, 2.45) is 9.95 Å². The van der Waals surface area contributed by atoms with Crippen LogP contribution in [0.5, 0.6) is 0 Å². The van der Waals surface area contributed by atoms with Crippen molar-refractivity contribution >= 4 is 29.9 Å². The topological polar surface area (TPSA) is 104 Å². The number of urea groups is 1. The second-order valence-corrected chi connectivity index (χ2v) is 19.8. The Bertz CT molecular complexity index is 1310. The Hall–Kier alpha value is -2.10. The molecule has 37 heavy (non-hydrogen) atoms. The highest BCUT2D eigenvalue weighted by Gasteiger charge is 2.39. The first-order valence-electron chi connectivity index (χ1n) is 13.3. The van der Waals surface area contributed by atoms with Crippen LogP contribution in [0.25, 0.3) is 0 Å². The standard InChI is InChI=1S/C28H43N3O4SSi/c1-18(19-12-13-19)22-15-14-20-10-9-11-23(20)25(22)29-26(32)30-36(34,31-37(7,8)27(2,3)4)24-16-21(17-35-24)28(5,6)33/h14-19,33H,9-13H2,1-8H3,(H2,29,30,31,32,34)/t18-,36?/m1/s1. The van der Waals surface area contributed by atoms with Gasteiger partial charge in [-0.3, -0.25) is 4.03 Å². The van der Waals surface area contributed by atoms with Gasteiger partial charge in [-0.25, -0.2) is 13.7 Å². The Morgan fingerprint density at radius 2 is 1.86 bits per heavy atom. The van der Waals surface area contributed by atoms with Crippen molar-refractivity contribution in [3.63, 3.8) is 0 Å². The van der Waals surface area contributed by atoms with Gasteiger partial charge in [-0.1, -0.05) is 39.8 Å². The van der Waals surface area contributed by atoms with E-state index >= 15 is 0 Å². The third-order valence-electron chi connectivity index (χ3n) is 8.35. The van der Waals surface area contributed by atoms with Crippen LogP contribution in [0.1, 0.15) is 89.0 Å². The molecule has 2 atom stereocenters. The Morgan fingerprint density at radius 3 is 2.43 bits per heavy atom. The van der Waals surface area contributed by atoms with Gasteiger partial charge in [0, 0.05) is 17.3 Å². The maximum absolute atomic E-state index is 14.5. The molecule has 2 aromatic rings. The molecule has 2 amide bonds. The quantitative estimate of drug-likeness (QED) is 0.323. The van der Waals surface area contributed by atoms with Gasteiger partial charge in [-0.2, -0.15) is 0 Å². The van der Waals surface area contributed by atoms with Gasteiger partial charge in [0.2, 0.25) is 5.09 Å². The summed E-state index contributed by atoms with van der Waals surface area (Å²) < 4.78 is 27.7. The Balaban J connectivity index is 1.73. The summed E-state index contributed by atoms with van der Waals surface area (Å²) in [7, 11) is -5.96. The molecular formula is C28H43N3O4SSi. The molecule has 1 unspecified atom stereocenters. The lowest BCUT2D eigenvalue weighted by molar-refractivity contribution is 0.0779. The number of hydrogen-bond donors (Lipinski definition) is 3. The lowest BCUT2D eigenvalue weighted by Gasteiger charge is -2.33. The zero-order valence-corrected chi connectivity index (χ0v) is 25.3. The smallest absolute Gasteiger partial charge is 0.332 e. The second-order valence-electron chi connectivity index (χ2n) is 12.8. The number of rotatable bonds is 7. The van der Waals surface area contributed by atoms with E-state index in [1.165, 1.54) is 30.2 Å². The van der Waals surface area contributed by atoms with Crippen LogP contribution < -0.4 is 10.0 Å². The van der Waals surface area contributed by atoms with Crippen molar-refractivity contribution in [2.45, 2.75) is 108 Å². The summed E-state index contributed by atoms with van der Waals surface area (Å²) in [6.45, 7) is 15.8. The van der Waals surface area contributed by atoms with Crippen LogP contribution in [0.15, 0.2) is 38.0 Å². The molecule has 9 heteroatoms. The normalized spacial score (nSPS) is 18.6. The number of carbonyl (C=O) groups is 1. The fraction of sp³-hybridized carbons (Fsp3) is 0.607. The number of nitrogens with one attached hydrogen (secondary N) is 2. The number of carbonyl (C=O) groups excluding carboxylic acids is 1. The van der Waals surface area contributed by atoms with Gasteiger partial charge in [0.25, 0.3) is 0 Å². The minimum Gasteiger partial charge on any atom is -0.452 e. The van der Waals surface area contributed by atoms with Crippen molar-refractivity contribution in [3.05, 3.63) is 46.7 Å². The van der Waals surface area contributed by atoms with Gasteiger partial charge in [0.15, 0.2) is 18.2 Å². The summed E-state index contributed by atoms with van der Waals surface area (Å²) in [6.07, 6.45) is 6.81. The molecule has 0 spiro atoms. The molecule has 0 radical (unpaired) electrons. The monoisotopic (exact) mass is 545 g/mol. The van der Waals surface area contributed by atoms with Crippen molar-refractivity contribution < 1.29 is 18.5 Å². The first-order valence-corrected chi connectivity index (χ1v) is 17.8. The Morgan fingerprint density at radius 1 is 1.19 bits per heavy atom. The van der Waals surface area contributed by atoms with E-state index in [0.717, 1.165) is 30.5 Å². The first-order chi connectivity index (χ1) is 17.0. The minimum atomic E-state index is -3.47. The minimum absolute atomic E-state index is 0.0504. The zero-order valence-electron chi connectivity index (χ0n) is 23.5. The zero-order chi connectivity index (χ0) is 27.4. The van der Waals surface area contributed by atoms with Crippen LogP contribution in [0.3, 0.4) is 0 Å². The molecule has 3 N–H and O–H groups in total. The van der Waals surface area contributed by atoms with E-state index in [0.29, 0.717) is 17.4 Å². The summed E-state index contributed by atoms with van der Waals surface area (Å²) in [5.74, 6) is 0.992. The maximum Gasteiger partial charge on any atom is 0.332 e. The summed E-state index contributed by atoms with van der Waals surface area (Å²) in [5.41, 5.74) is 3.76. The van der Waals surface area contributed by atoms with Crippen LogP contribution in [-0.2, 0) is 28.4 Å². The predicted molar refractivity (Wildman–Crippen MR) is 152 cm³/mol. The number of amides is 2. The number of anilines is 1. The molecule has 1 aromatic carbocycles. The van der Waals surface area contributed by atoms with E-state index in [9.17, 15) is 14.1 Å². The average Bonchev–Trinajstić information content (AvgIpc) is 3.27. The largest absolute Gasteiger partial charge is 0.452 e. The van der Waals surface area contributed by atoms with Crippen LogP contribution >= 0.6 is 0 Å². The van der Waals surface area contributed by atoms with Crippen LogP contribution in [-0.4, -0.2) is 23.6 Å². The molecule has 4 rings (SSSR count). The highest BCUT2D eigenvalue weighted by molar-refractivity contribution is 7.93. The molecule has 0 aliphatic heterocycles. The molecule has 1 fully saturated rings. The summed E-state index contributed by atoms with van der Waals surface area (Å²) in [5, 5.41) is 13.4. The van der Waals surface area contributed by atoms with E-state index in [1.54, 1.807) is 19.9 Å². The van der Waals surface area contributed by atoms with E-state index in [-0.39, 0.29) is 10.1 Å². The number of aliphatic hydroxyl groups is 1.